The molecule has 1 heterocycles. The second kappa shape index (κ2) is 3.81. The fourth-order valence-electron chi connectivity index (χ4n) is 1.39. The summed E-state index contributed by atoms with van der Waals surface area (Å²) in [4.78, 5) is 0. The summed E-state index contributed by atoms with van der Waals surface area (Å²) >= 11 is 0. The highest BCUT2D eigenvalue weighted by Crippen LogP contribution is 2.26. The monoisotopic (exact) mass is 221 g/mol. The summed E-state index contributed by atoms with van der Waals surface area (Å²) in [6, 6.07) is 3.10. The second-order valence-corrected chi connectivity index (χ2v) is 3.29. The fourth-order valence-corrected chi connectivity index (χ4v) is 1.39. The Morgan fingerprint density at radius 1 is 1.14 bits per heavy atom. The van der Waals surface area contributed by atoms with Crippen LogP contribution in [0.25, 0.3) is 0 Å². The molecule has 0 aliphatic carbocycles. The first-order chi connectivity index (χ1) is 6.10. The van der Waals surface area contributed by atoms with Crippen LogP contribution in [0.5, 0.6) is 0 Å². The van der Waals surface area contributed by atoms with Crippen molar-refractivity contribution in [1.29, 1.82) is 0 Å². The molecule has 0 spiro atoms. The van der Waals surface area contributed by atoms with Crippen LogP contribution in [0.1, 0.15) is 5.56 Å². The van der Waals surface area contributed by atoms with Crippen molar-refractivity contribution < 1.29 is 13.9 Å². The quantitative estimate of drug-likeness (QED) is 0.747. The van der Waals surface area contributed by atoms with Gasteiger partial charge >= 0.3 is 0 Å². The SMILES string of the molecule is Cl.OC1(c2cc(F)cc(F)c2)CNC1. The third-order valence-electron chi connectivity index (χ3n) is 2.23. The van der Waals surface area contributed by atoms with Crippen molar-refractivity contribution in [2.75, 3.05) is 13.1 Å². The summed E-state index contributed by atoms with van der Waals surface area (Å²) in [5.41, 5.74) is -0.799. The Labute approximate surface area is 86.3 Å². The maximum Gasteiger partial charge on any atom is 0.126 e. The van der Waals surface area contributed by atoms with Crippen LogP contribution in [0.4, 0.5) is 8.78 Å². The molecule has 1 aromatic rings. The minimum absolute atomic E-state index is 0. The maximum absolute atomic E-state index is 12.7. The molecule has 1 saturated heterocycles. The summed E-state index contributed by atoms with van der Waals surface area (Å²) in [5.74, 6) is -1.31. The van der Waals surface area contributed by atoms with Gasteiger partial charge in [0.1, 0.15) is 17.2 Å². The Morgan fingerprint density at radius 3 is 2.00 bits per heavy atom. The second-order valence-electron chi connectivity index (χ2n) is 3.29. The molecular weight excluding hydrogens is 212 g/mol. The highest BCUT2D eigenvalue weighted by molar-refractivity contribution is 5.85. The van der Waals surface area contributed by atoms with Gasteiger partial charge in [0.2, 0.25) is 0 Å². The number of hydrogen-bond acceptors (Lipinski definition) is 2. The van der Waals surface area contributed by atoms with Gasteiger partial charge in [-0.25, -0.2) is 8.78 Å². The predicted octanol–water partition coefficient (Wildman–Crippen LogP) is 1.18. The van der Waals surface area contributed by atoms with Gasteiger partial charge in [-0.2, -0.15) is 0 Å². The van der Waals surface area contributed by atoms with Crippen molar-refractivity contribution in [3.05, 3.63) is 35.4 Å². The minimum Gasteiger partial charge on any atom is -0.382 e. The summed E-state index contributed by atoms with van der Waals surface area (Å²) in [6.07, 6.45) is 0. The molecule has 1 aliphatic rings. The van der Waals surface area contributed by atoms with Crippen LogP contribution in [-0.4, -0.2) is 18.2 Å². The standard InChI is InChI=1S/C9H9F2NO.ClH/c10-7-1-6(2-8(11)3-7)9(13)4-12-5-9;/h1-3,12-13H,4-5H2;1H. The number of aliphatic hydroxyl groups is 1. The molecule has 0 atom stereocenters. The van der Waals surface area contributed by atoms with Gasteiger partial charge < -0.3 is 10.4 Å². The highest BCUT2D eigenvalue weighted by Gasteiger charge is 2.36. The fraction of sp³-hybridized carbons (Fsp3) is 0.333. The van der Waals surface area contributed by atoms with E-state index in [2.05, 4.69) is 5.32 Å². The zero-order chi connectivity index (χ0) is 9.47. The molecule has 0 aromatic heterocycles. The van der Waals surface area contributed by atoms with E-state index in [1.165, 1.54) is 0 Å². The smallest absolute Gasteiger partial charge is 0.126 e. The molecule has 0 amide bonds. The largest absolute Gasteiger partial charge is 0.382 e. The molecule has 0 bridgehead atoms. The van der Waals surface area contributed by atoms with Crippen LogP contribution in [0.15, 0.2) is 18.2 Å². The molecule has 2 nitrogen and oxygen atoms in total. The average molecular weight is 222 g/mol. The van der Waals surface area contributed by atoms with E-state index in [0.717, 1.165) is 18.2 Å². The van der Waals surface area contributed by atoms with Gasteiger partial charge in [-0.1, -0.05) is 0 Å². The van der Waals surface area contributed by atoms with Crippen molar-refractivity contribution in [3.8, 4) is 0 Å². The lowest BCUT2D eigenvalue weighted by Crippen LogP contribution is -2.56. The Balaban J connectivity index is 0.000000980. The van der Waals surface area contributed by atoms with Crippen molar-refractivity contribution >= 4 is 12.4 Å². The molecule has 78 valence electrons. The molecule has 0 unspecified atom stereocenters. The summed E-state index contributed by atoms with van der Waals surface area (Å²) < 4.78 is 25.5. The van der Waals surface area contributed by atoms with E-state index in [1.54, 1.807) is 0 Å². The molecule has 5 heteroatoms. The van der Waals surface area contributed by atoms with Gasteiger partial charge in [0.05, 0.1) is 0 Å². The molecule has 2 N–H and O–H groups in total. The van der Waals surface area contributed by atoms with Crippen LogP contribution in [0.2, 0.25) is 0 Å². The Bertz CT molecular complexity index is 321. The van der Waals surface area contributed by atoms with Gasteiger partial charge in [0, 0.05) is 19.2 Å². The molecule has 1 fully saturated rings. The number of hydrogen-bond donors (Lipinski definition) is 2. The first-order valence-electron chi connectivity index (χ1n) is 4.00. The Hall–Kier alpha value is -0.710. The average Bonchev–Trinajstić information content (AvgIpc) is 1.98. The van der Waals surface area contributed by atoms with Crippen LogP contribution < -0.4 is 5.32 Å². The summed E-state index contributed by atoms with van der Waals surface area (Å²) in [5, 5.41) is 12.6. The minimum atomic E-state index is -1.09. The molecule has 2 rings (SSSR count). The topological polar surface area (TPSA) is 32.3 Å². The van der Waals surface area contributed by atoms with Crippen molar-refractivity contribution in [1.82, 2.24) is 5.32 Å². The van der Waals surface area contributed by atoms with Gasteiger partial charge in [0.25, 0.3) is 0 Å². The van der Waals surface area contributed by atoms with Crippen molar-refractivity contribution in [2.24, 2.45) is 0 Å². The van der Waals surface area contributed by atoms with Crippen LogP contribution >= 0.6 is 12.4 Å². The maximum atomic E-state index is 12.7. The van der Waals surface area contributed by atoms with Gasteiger partial charge in [0.15, 0.2) is 0 Å². The van der Waals surface area contributed by atoms with Crippen molar-refractivity contribution in [3.63, 3.8) is 0 Å². The molecule has 1 aromatic carbocycles. The van der Waals surface area contributed by atoms with Gasteiger partial charge in [-0.05, 0) is 17.7 Å². The Morgan fingerprint density at radius 2 is 1.64 bits per heavy atom. The third kappa shape index (κ3) is 1.87. The lowest BCUT2D eigenvalue weighted by Gasteiger charge is -2.38. The van der Waals surface area contributed by atoms with E-state index in [1.807, 2.05) is 0 Å². The van der Waals surface area contributed by atoms with E-state index in [-0.39, 0.29) is 12.4 Å². The molecular formula is C9H10ClF2NO. The molecule has 14 heavy (non-hydrogen) atoms. The van der Waals surface area contributed by atoms with Crippen LogP contribution in [0.3, 0.4) is 0 Å². The van der Waals surface area contributed by atoms with Gasteiger partial charge in [-0.15, -0.1) is 12.4 Å². The first kappa shape index (κ1) is 11.4. The van der Waals surface area contributed by atoms with E-state index < -0.39 is 17.2 Å². The number of benzene rings is 1. The molecule has 1 aliphatic heterocycles. The normalized spacial score (nSPS) is 18.2. The van der Waals surface area contributed by atoms with Gasteiger partial charge in [-0.3, -0.25) is 0 Å². The van der Waals surface area contributed by atoms with Crippen LogP contribution in [0, 0.1) is 11.6 Å². The first-order valence-corrected chi connectivity index (χ1v) is 4.00. The highest BCUT2D eigenvalue weighted by atomic mass is 35.5. The van der Waals surface area contributed by atoms with Crippen LogP contribution in [-0.2, 0) is 5.60 Å². The number of nitrogens with one attached hydrogen (secondary N) is 1. The summed E-state index contributed by atoms with van der Waals surface area (Å²) in [7, 11) is 0. The van der Waals surface area contributed by atoms with E-state index in [9.17, 15) is 13.9 Å². The number of rotatable bonds is 1. The zero-order valence-electron chi connectivity index (χ0n) is 7.26. The number of halogens is 3. The molecule has 0 saturated carbocycles. The lowest BCUT2D eigenvalue weighted by molar-refractivity contribution is -0.0151. The number of β-amino-alcohol motifs (C(OH)–C–C–N with tert-alkyl or cyclic N) is 1. The zero-order valence-corrected chi connectivity index (χ0v) is 8.07. The van der Waals surface area contributed by atoms with Crippen molar-refractivity contribution in [2.45, 2.75) is 5.60 Å². The lowest BCUT2D eigenvalue weighted by atomic mass is 9.88. The van der Waals surface area contributed by atoms with E-state index >= 15 is 0 Å². The van der Waals surface area contributed by atoms with E-state index in [4.69, 9.17) is 0 Å². The summed E-state index contributed by atoms with van der Waals surface area (Å²) in [6.45, 7) is 0.686. The van der Waals surface area contributed by atoms with E-state index in [0.29, 0.717) is 18.7 Å². The Kier molecular flexibility index (Phi) is 3.09. The third-order valence-corrected chi connectivity index (χ3v) is 2.23. The molecule has 0 radical (unpaired) electrons. The predicted molar refractivity (Wildman–Crippen MR) is 50.4 cm³/mol.